The summed E-state index contributed by atoms with van der Waals surface area (Å²) in [7, 11) is -2.75. The molecule has 6 nitrogen and oxygen atoms in total. The van der Waals surface area contributed by atoms with Gasteiger partial charge in [-0.2, -0.15) is 0 Å². The van der Waals surface area contributed by atoms with Gasteiger partial charge >= 0.3 is 0 Å². The summed E-state index contributed by atoms with van der Waals surface area (Å²) in [5.41, 5.74) is 1.85. The molecule has 1 aliphatic heterocycles. The third-order valence-electron chi connectivity index (χ3n) is 5.60. The summed E-state index contributed by atoms with van der Waals surface area (Å²) < 4.78 is 46.1. The molecule has 3 aromatic carbocycles. The highest BCUT2D eigenvalue weighted by molar-refractivity contribution is 7.95. The van der Waals surface area contributed by atoms with E-state index in [2.05, 4.69) is 0 Å². The Morgan fingerprint density at radius 1 is 1.00 bits per heavy atom. The number of aliphatic hydroxyl groups excluding tert-OH is 1. The summed E-state index contributed by atoms with van der Waals surface area (Å²) in [4.78, 5) is 13.9. The second-order valence-corrected chi connectivity index (χ2v) is 9.65. The number of aryl methyl sites for hydroxylation is 1. The molecule has 0 aliphatic carbocycles. The molecule has 0 saturated carbocycles. The van der Waals surface area contributed by atoms with Gasteiger partial charge in [0.05, 0.1) is 24.6 Å². The molecule has 0 unspecified atom stereocenters. The van der Waals surface area contributed by atoms with Crippen molar-refractivity contribution in [2.24, 2.45) is 0 Å². The summed E-state index contributed by atoms with van der Waals surface area (Å²) >= 11 is 0. The molecule has 1 heterocycles. The van der Waals surface area contributed by atoms with Gasteiger partial charge in [-0.1, -0.05) is 48.0 Å². The number of aliphatic hydroxyl groups is 1. The maximum Gasteiger partial charge on any atom is 0.290 e. The number of rotatable bonds is 6. The minimum atomic E-state index is -4.24. The number of ether oxygens (including phenoxy) is 1. The number of carbonyl (C=O) groups is 1. The molecular formula is C25H22FNO5S. The predicted octanol–water partition coefficient (Wildman–Crippen LogP) is 4.47. The molecule has 0 radical (unpaired) electrons. The molecule has 0 aromatic heterocycles. The second kappa shape index (κ2) is 8.71. The predicted molar refractivity (Wildman–Crippen MR) is 121 cm³/mol. The van der Waals surface area contributed by atoms with Crippen LogP contribution in [-0.2, 0) is 21.2 Å². The van der Waals surface area contributed by atoms with Crippen LogP contribution in [0, 0.1) is 12.7 Å². The molecule has 0 saturated heterocycles. The van der Waals surface area contributed by atoms with Crippen LogP contribution in [0.1, 0.15) is 22.7 Å². The molecule has 0 spiro atoms. The Kier molecular flexibility index (Phi) is 5.95. The van der Waals surface area contributed by atoms with Gasteiger partial charge in [-0.3, -0.25) is 4.79 Å². The van der Waals surface area contributed by atoms with Crippen LogP contribution < -0.4 is 4.74 Å². The van der Waals surface area contributed by atoms with Crippen LogP contribution in [0.2, 0.25) is 0 Å². The van der Waals surface area contributed by atoms with E-state index in [4.69, 9.17) is 4.74 Å². The van der Waals surface area contributed by atoms with Crippen LogP contribution in [0.15, 0.2) is 88.4 Å². The lowest BCUT2D eigenvalue weighted by molar-refractivity contribution is -0.130. The van der Waals surface area contributed by atoms with Gasteiger partial charge in [-0.15, -0.1) is 0 Å². The van der Waals surface area contributed by atoms with E-state index in [0.29, 0.717) is 16.9 Å². The fraction of sp³-hybridized carbons (Fsp3) is 0.160. The summed E-state index contributed by atoms with van der Waals surface area (Å²) in [5.74, 6) is -1.67. The van der Waals surface area contributed by atoms with Gasteiger partial charge in [0.25, 0.3) is 5.91 Å². The fourth-order valence-electron chi connectivity index (χ4n) is 3.90. The summed E-state index contributed by atoms with van der Waals surface area (Å²) in [6.45, 7) is 1.80. The van der Waals surface area contributed by atoms with E-state index in [-0.39, 0.29) is 11.4 Å². The number of halogens is 1. The number of benzene rings is 3. The monoisotopic (exact) mass is 467 g/mol. The highest BCUT2D eigenvalue weighted by Gasteiger charge is 2.47. The highest BCUT2D eigenvalue weighted by Crippen LogP contribution is 2.43. The van der Waals surface area contributed by atoms with Crippen molar-refractivity contribution in [3.8, 4) is 5.75 Å². The van der Waals surface area contributed by atoms with Gasteiger partial charge in [0.15, 0.2) is 5.76 Å². The molecule has 4 rings (SSSR count). The minimum Gasteiger partial charge on any atom is -0.502 e. The number of methoxy groups -OCH3 is 1. The van der Waals surface area contributed by atoms with Crippen molar-refractivity contribution in [2.45, 2.75) is 24.4 Å². The third kappa shape index (κ3) is 4.09. The Morgan fingerprint density at radius 3 is 2.27 bits per heavy atom. The van der Waals surface area contributed by atoms with Crippen molar-refractivity contribution in [3.05, 3.63) is 106 Å². The largest absolute Gasteiger partial charge is 0.502 e. The van der Waals surface area contributed by atoms with E-state index >= 15 is 0 Å². The van der Waals surface area contributed by atoms with E-state index in [9.17, 15) is 22.7 Å². The first-order valence-electron chi connectivity index (χ1n) is 10.2. The van der Waals surface area contributed by atoms with Gasteiger partial charge in [0, 0.05) is 5.56 Å². The normalized spacial score (nSPS) is 16.4. The molecule has 8 heteroatoms. The standard InChI is InChI=1S/C25H22FNO5S/c1-16-7-13-20(14-8-16)33(30,31)24-22(17-9-11-19(26)12-10-17)27(25(29)23(24)28)15-18-5-3-4-6-21(18)32-2/h3-14,22,28H,15H2,1-2H3/t22-/m0/s1. The van der Waals surface area contributed by atoms with Crippen LogP contribution in [0.4, 0.5) is 4.39 Å². The molecular weight excluding hydrogens is 445 g/mol. The molecule has 33 heavy (non-hydrogen) atoms. The average Bonchev–Trinajstić information content (AvgIpc) is 3.06. The number of hydrogen-bond donors (Lipinski definition) is 1. The van der Waals surface area contributed by atoms with Crippen molar-refractivity contribution in [1.29, 1.82) is 0 Å². The van der Waals surface area contributed by atoms with Gasteiger partial charge < -0.3 is 14.7 Å². The Morgan fingerprint density at radius 2 is 1.64 bits per heavy atom. The smallest absolute Gasteiger partial charge is 0.290 e. The van der Waals surface area contributed by atoms with Crippen molar-refractivity contribution < 1.29 is 27.4 Å². The minimum absolute atomic E-state index is 0.0259. The topological polar surface area (TPSA) is 83.9 Å². The first-order chi connectivity index (χ1) is 15.7. The van der Waals surface area contributed by atoms with Crippen molar-refractivity contribution in [1.82, 2.24) is 4.90 Å². The third-order valence-corrected chi connectivity index (χ3v) is 7.49. The zero-order valence-corrected chi connectivity index (χ0v) is 18.8. The number of hydrogen-bond acceptors (Lipinski definition) is 5. The van der Waals surface area contributed by atoms with Crippen molar-refractivity contribution in [3.63, 3.8) is 0 Å². The first kappa shape index (κ1) is 22.5. The summed E-state index contributed by atoms with van der Waals surface area (Å²) in [6, 6.07) is 17.2. The zero-order valence-electron chi connectivity index (χ0n) is 18.0. The zero-order chi connectivity index (χ0) is 23.8. The molecule has 1 atom stereocenters. The molecule has 1 amide bonds. The van der Waals surface area contributed by atoms with Crippen LogP contribution in [0.5, 0.6) is 5.75 Å². The van der Waals surface area contributed by atoms with Crippen LogP contribution >= 0.6 is 0 Å². The molecule has 0 bridgehead atoms. The van der Waals surface area contributed by atoms with E-state index in [0.717, 1.165) is 5.56 Å². The number of para-hydroxylation sites is 1. The average molecular weight is 468 g/mol. The molecule has 0 fully saturated rings. The maximum atomic E-state index is 13.6. The lowest BCUT2D eigenvalue weighted by atomic mass is 10.1. The number of sulfone groups is 1. The Hall–Kier alpha value is -3.65. The van der Waals surface area contributed by atoms with E-state index < -0.39 is 38.3 Å². The van der Waals surface area contributed by atoms with E-state index in [1.165, 1.54) is 48.4 Å². The summed E-state index contributed by atoms with van der Waals surface area (Å²) in [6.07, 6.45) is 0. The number of carbonyl (C=O) groups excluding carboxylic acids is 1. The highest BCUT2D eigenvalue weighted by atomic mass is 32.2. The van der Waals surface area contributed by atoms with Gasteiger partial charge in [0.1, 0.15) is 16.5 Å². The van der Waals surface area contributed by atoms with Crippen molar-refractivity contribution in [2.75, 3.05) is 7.11 Å². The Labute approximate surface area is 191 Å². The number of amides is 1. The van der Waals surface area contributed by atoms with Gasteiger partial charge in [0.2, 0.25) is 9.84 Å². The van der Waals surface area contributed by atoms with Crippen LogP contribution in [0.3, 0.4) is 0 Å². The molecule has 1 aliphatic rings. The molecule has 3 aromatic rings. The SMILES string of the molecule is COc1ccccc1CN1C(=O)C(O)=C(S(=O)(=O)c2ccc(C)cc2)[C@@H]1c1ccc(F)cc1. The summed E-state index contributed by atoms with van der Waals surface area (Å²) in [5, 5.41) is 10.8. The van der Waals surface area contributed by atoms with Gasteiger partial charge in [-0.05, 0) is 42.8 Å². The van der Waals surface area contributed by atoms with Crippen LogP contribution in [0.25, 0.3) is 0 Å². The lowest BCUT2D eigenvalue weighted by Gasteiger charge is -2.27. The first-order valence-corrected chi connectivity index (χ1v) is 11.7. The van der Waals surface area contributed by atoms with Gasteiger partial charge in [-0.25, -0.2) is 12.8 Å². The quantitative estimate of drug-likeness (QED) is 0.578. The van der Waals surface area contributed by atoms with Crippen molar-refractivity contribution >= 4 is 15.7 Å². The lowest BCUT2D eigenvalue weighted by Crippen LogP contribution is -2.31. The Balaban J connectivity index is 1.86. The van der Waals surface area contributed by atoms with E-state index in [1.54, 1.807) is 36.4 Å². The number of nitrogens with zero attached hydrogens (tertiary/aromatic N) is 1. The second-order valence-electron chi connectivity index (χ2n) is 7.73. The van der Waals surface area contributed by atoms with Crippen LogP contribution in [-0.4, -0.2) is 31.4 Å². The molecule has 170 valence electrons. The Bertz CT molecular complexity index is 1330. The molecule has 1 N–H and O–H groups in total. The van der Waals surface area contributed by atoms with E-state index in [1.807, 2.05) is 6.92 Å². The maximum absolute atomic E-state index is 13.6. The fourth-order valence-corrected chi connectivity index (χ4v) is 5.55.